The van der Waals surface area contributed by atoms with Gasteiger partial charge in [-0.1, -0.05) is 48.2 Å². The molecule has 0 saturated heterocycles. The Morgan fingerprint density at radius 2 is 1.64 bits per heavy atom. The van der Waals surface area contributed by atoms with Crippen molar-refractivity contribution < 1.29 is 4.79 Å². The number of para-hydroxylation sites is 3. The van der Waals surface area contributed by atoms with Gasteiger partial charge in [-0.2, -0.15) is 0 Å². The number of anilines is 1. The molecule has 4 nitrogen and oxygen atoms in total. The van der Waals surface area contributed by atoms with Crippen LogP contribution in [0.2, 0.25) is 0 Å². The third-order valence-corrected chi connectivity index (χ3v) is 5.32. The van der Waals surface area contributed by atoms with Crippen molar-refractivity contribution in [2.45, 2.75) is 19.0 Å². The maximum absolute atomic E-state index is 12.5. The summed E-state index contributed by atoms with van der Waals surface area (Å²) in [6.45, 7) is 4.05. The summed E-state index contributed by atoms with van der Waals surface area (Å²) >= 11 is 1.44. The van der Waals surface area contributed by atoms with Crippen LogP contribution >= 0.6 is 11.8 Å². The van der Waals surface area contributed by atoms with Gasteiger partial charge in [0.1, 0.15) is 0 Å². The highest BCUT2D eigenvalue weighted by Gasteiger charge is 2.14. The van der Waals surface area contributed by atoms with Gasteiger partial charge in [-0.3, -0.25) is 9.36 Å². The number of carbonyl (C=O) groups is 1. The molecule has 1 heterocycles. The van der Waals surface area contributed by atoms with Crippen LogP contribution in [0.25, 0.3) is 16.7 Å². The quantitative estimate of drug-likeness (QED) is 0.468. The van der Waals surface area contributed by atoms with Crippen molar-refractivity contribution in [1.29, 1.82) is 0 Å². The Bertz CT molecular complexity index is 1120. The highest BCUT2D eigenvalue weighted by atomic mass is 32.2. The number of thioether (sulfide) groups is 1. The van der Waals surface area contributed by atoms with Crippen molar-refractivity contribution in [3.63, 3.8) is 0 Å². The number of fused-ring (bicyclic) bond motifs is 1. The molecule has 0 aliphatic carbocycles. The van der Waals surface area contributed by atoms with Crippen LogP contribution in [0, 0.1) is 13.8 Å². The molecule has 1 aromatic heterocycles. The number of carbonyl (C=O) groups excluding carboxylic acids is 1. The van der Waals surface area contributed by atoms with Crippen LogP contribution in [0.4, 0.5) is 5.69 Å². The molecule has 4 aromatic rings. The van der Waals surface area contributed by atoms with E-state index in [0.29, 0.717) is 5.75 Å². The van der Waals surface area contributed by atoms with Crippen molar-refractivity contribution in [3.8, 4) is 5.69 Å². The number of imidazole rings is 1. The smallest absolute Gasteiger partial charge is 0.234 e. The molecular weight excluding hydrogens is 366 g/mol. The van der Waals surface area contributed by atoms with E-state index in [1.165, 1.54) is 11.8 Å². The number of hydrogen-bond acceptors (Lipinski definition) is 3. The molecule has 0 spiro atoms. The summed E-state index contributed by atoms with van der Waals surface area (Å²) in [5.41, 5.74) is 6.09. The summed E-state index contributed by atoms with van der Waals surface area (Å²) < 4.78 is 2.10. The molecule has 0 saturated carbocycles. The van der Waals surface area contributed by atoms with Crippen LogP contribution < -0.4 is 5.32 Å². The van der Waals surface area contributed by atoms with Crippen LogP contribution in [0.3, 0.4) is 0 Å². The van der Waals surface area contributed by atoms with E-state index in [2.05, 4.69) is 22.0 Å². The first-order valence-corrected chi connectivity index (χ1v) is 10.1. The molecular formula is C23H21N3OS. The lowest BCUT2D eigenvalue weighted by atomic mass is 10.1. The van der Waals surface area contributed by atoms with E-state index < -0.39 is 0 Å². The zero-order valence-corrected chi connectivity index (χ0v) is 16.7. The number of aromatic nitrogens is 2. The third kappa shape index (κ3) is 3.94. The van der Waals surface area contributed by atoms with E-state index in [4.69, 9.17) is 4.98 Å². The van der Waals surface area contributed by atoms with Gasteiger partial charge in [0.15, 0.2) is 5.16 Å². The van der Waals surface area contributed by atoms with Crippen LogP contribution in [0.1, 0.15) is 11.1 Å². The van der Waals surface area contributed by atoms with Gasteiger partial charge in [0.25, 0.3) is 0 Å². The minimum absolute atomic E-state index is 0.0401. The van der Waals surface area contributed by atoms with Gasteiger partial charge < -0.3 is 5.32 Å². The van der Waals surface area contributed by atoms with E-state index in [0.717, 1.165) is 38.7 Å². The molecule has 5 heteroatoms. The van der Waals surface area contributed by atoms with Crippen molar-refractivity contribution in [1.82, 2.24) is 9.55 Å². The topological polar surface area (TPSA) is 46.9 Å². The Balaban J connectivity index is 1.57. The summed E-state index contributed by atoms with van der Waals surface area (Å²) in [6.07, 6.45) is 0. The normalized spacial score (nSPS) is 10.9. The predicted octanol–water partition coefficient (Wildman–Crippen LogP) is 5.37. The molecule has 0 fully saturated rings. The zero-order chi connectivity index (χ0) is 19.5. The monoisotopic (exact) mass is 387 g/mol. The van der Waals surface area contributed by atoms with Crippen LogP contribution in [-0.2, 0) is 4.79 Å². The Hall–Kier alpha value is -3.05. The molecule has 28 heavy (non-hydrogen) atoms. The lowest BCUT2D eigenvalue weighted by Gasteiger charge is -2.10. The van der Waals surface area contributed by atoms with Crippen LogP contribution in [0.15, 0.2) is 78.0 Å². The average Bonchev–Trinajstić information content (AvgIpc) is 3.04. The van der Waals surface area contributed by atoms with Gasteiger partial charge in [0.05, 0.1) is 16.8 Å². The second kappa shape index (κ2) is 7.90. The van der Waals surface area contributed by atoms with Crippen LogP contribution in [0.5, 0.6) is 0 Å². The fraction of sp³-hybridized carbons (Fsp3) is 0.130. The molecule has 0 aliphatic heterocycles. The molecule has 4 rings (SSSR count). The van der Waals surface area contributed by atoms with Gasteiger partial charge in [-0.05, 0) is 61.4 Å². The van der Waals surface area contributed by atoms with Crippen molar-refractivity contribution in [2.75, 3.05) is 11.1 Å². The minimum Gasteiger partial charge on any atom is -0.325 e. The maximum atomic E-state index is 12.5. The summed E-state index contributed by atoms with van der Waals surface area (Å²) in [6, 6.07) is 24.2. The molecule has 140 valence electrons. The first-order chi connectivity index (χ1) is 13.6. The Kier molecular flexibility index (Phi) is 5.17. The summed E-state index contributed by atoms with van der Waals surface area (Å²) in [5.74, 6) is 0.255. The Morgan fingerprint density at radius 1 is 0.964 bits per heavy atom. The highest BCUT2D eigenvalue weighted by Crippen LogP contribution is 2.28. The SMILES string of the molecule is Cc1cc(C)cc(NC(=O)CSc2nc3ccccc3n2-c2ccccc2)c1. The third-order valence-electron chi connectivity index (χ3n) is 4.38. The molecule has 0 unspecified atom stereocenters. The number of aryl methyl sites for hydroxylation is 2. The lowest BCUT2D eigenvalue weighted by Crippen LogP contribution is -2.14. The summed E-state index contributed by atoms with van der Waals surface area (Å²) in [7, 11) is 0. The average molecular weight is 388 g/mol. The second-order valence-corrected chi connectivity index (χ2v) is 7.71. The summed E-state index contributed by atoms with van der Waals surface area (Å²) in [4.78, 5) is 17.2. The highest BCUT2D eigenvalue weighted by molar-refractivity contribution is 7.99. The number of benzene rings is 3. The minimum atomic E-state index is -0.0401. The number of hydrogen-bond donors (Lipinski definition) is 1. The van der Waals surface area contributed by atoms with Crippen molar-refractivity contribution in [2.24, 2.45) is 0 Å². The maximum Gasteiger partial charge on any atom is 0.234 e. The molecule has 1 N–H and O–H groups in total. The second-order valence-electron chi connectivity index (χ2n) is 6.77. The largest absolute Gasteiger partial charge is 0.325 e. The fourth-order valence-electron chi connectivity index (χ4n) is 3.30. The lowest BCUT2D eigenvalue weighted by molar-refractivity contribution is -0.113. The van der Waals surface area contributed by atoms with E-state index >= 15 is 0 Å². The standard InChI is InChI=1S/C23H21N3OS/c1-16-12-17(2)14-18(13-16)24-22(27)15-28-23-25-20-10-6-7-11-21(20)26(23)19-8-4-3-5-9-19/h3-14H,15H2,1-2H3,(H,24,27). The fourth-order valence-corrected chi connectivity index (χ4v) is 4.13. The van der Waals surface area contributed by atoms with E-state index in [-0.39, 0.29) is 5.91 Å². The van der Waals surface area contributed by atoms with Gasteiger partial charge in [-0.15, -0.1) is 0 Å². The van der Waals surface area contributed by atoms with Gasteiger partial charge in [0.2, 0.25) is 5.91 Å². The Labute approximate surface area is 168 Å². The van der Waals surface area contributed by atoms with Gasteiger partial charge in [-0.25, -0.2) is 4.98 Å². The number of rotatable bonds is 5. The van der Waals surface area contributed by atoms with Crippen LogP contribution in [-0.4, -0.2) is 21.2 Å². The molecule has 0 atom stereocenters. The van der Waals surface area contributed by atoms with Gasteiger partial charge in [0, 0.05) is 11.4 Å². The molecule has 3 aromatic carbocycles. The molecule has 0 bridgehead atoms. The first-order valence-electron chi connectivity index (χ1n) is 9.14. The van der Waals surface area contributed by atoms with Crippen molar-refractivity contribution in [3.05, 3.63) is 83.9 Å². The van der Waals surface area contributed by atoms with Gasteiger partial charge >= 0.3 is 0 Å². The van der Waals surface area contributed by atoms with E-state index in [1.807, 2.05) is 74.5 Å². The number of nitrogens with one attached hydrogen (secondary N) is 1. The van der Waals surface area contributed by atoms with E-state index in [1.54, 1.807) is 0 Å². The summed E-state index contributed by atoms with van der Waals surface area (Å²) in [5, 5.41) is 3.80. The predicted molar refractivity (Wildman–Crippen MR) is 116 cm³/mol. The first kappa shape index (κ1) is 18.3. The molecule has 0 aliphatic rings. The zero-order valence-electron chi connectivity index (χ0n) is 15.8. The van der Waals surface area contributed by atoms with Crippen molar-refractivity contribution >= 4 is 34.4 Å². The molecule has 1 amide bonds. The Morgan fingerprint density at radius 3 is 2.39 bits per heavy atom. The molecule has 0 radical (unpaired) electrons. The number of amides is 1. The number of nitrogens with zero attached hydrogens (tertiary/aromatic N) is 2. The van der Waals surface area contributed by atoms with E-state index in [9.17, 15) is 4.79 Å².